The molecule has 7 rings (SSSR count). The van der Waals surface area contributed by atoms with Crippen LogP contribution >= 0.6 is 0 Å². The van der Waals surface area contributed by atoms with Crippen molar-refractivity contribution in [1.29, 1.82) is 0 Å². The molecule has 2 N–H and O–H groups in total. The third kappa shape index (κ3) is 5.32. The lowest BCUT2D eigenvalue weighted by atomic mass is 10.0. The molecule has 10 nitrogen and oxygen atoms in total. The minimum absolute atomic E-state index is 0.0432. The Morgan fingerprint density at radius 3 is 2.63 bits per heavy atom. The summed E-state index contributed by atoms with van der Waals surface area (Å²) in [6.07, 6.45) is 5.37. The van der Waals surface area contributed by atoms with Gasteiger partial charge in [-0.1, -0.05) is 19.9 Å². The Kier molecular flexibility index (Phi) is 7.02. The van der Waals surface area contributed by atoms with Crippen LogP contribution in [0.25, 0.3) is 16.9 Å². The summed E-state index contributed by atoms with van der Waals surface area (Å²) in [6.45, 7) is 6.61. The van der Waals surface area contributed by atoms with Crippen LogP contribution in [-0.4, -0.2) is 50.0 Å². The van der Waals surface area contributed by atoms with Crippen molar-refractivity contribution in [3.8, 4) is 17.0 Å². The van der Waals surface area contributed by atoms with Gasteiger partial charge in [-0.15, -0.1) is 0 Å². The van der Waals surface area contributed by atoms with Crippen LogP contribution in [0.3, 0.4) is 0 Å². The first-order valence-electron chi connectivity index (χ1n) is 14.5. The summed E-state index contributed by atoms with van der Waals surface area (Å²) in [4.78, 5) is 20.8. The van der Waals surface area contributed by atoms with Crippen molar-refractivity contribution in [2.24, 2.45) is 0 Å². The monoisotopic (exact) mass is 581 g/mol. The number of aromatic nitrogens is 5. The van der Waals surface area contributed by atoms with E-state index in [1.54, 1.807) is 23.0 Å². The minimum Gasteiger partial charge on any atom is -0.490 e. The molecule has 11 heteroatoms. The van der Waals surface area contributed by atoms with E-state index in [9.17, 15) is 9.18 Å². The van der Waals surface area contributed by atoms with Crippen molar-refractivity contribution < 1.29 is 18.7 Å². The molecule has 5 aromatic rings. The third-order valence-corrected chi connectivity index (χ3v) is 8.00. The Morgan fingerprint density at radius 2 is 1.88 bits per heavy atom. The largest absolute Gasteiger partial charge is 0.490 e. The lowest BCUT2D eigenvalue weighted by Gasteiger charge is -2.23. The Bertz CT molecular complexity index is 1780. The van der Waals surface area contributed by atoms with Crippen LogP contribution in [0.15, 0.2) is 60.9 Å². The molecule has 220 valence electrons. The maximum atomic E-state index is 13.9. The molecule has 2 aromatic carbocycles. The summed E-state index contributed by atoms with van der Waals surface area (Å²) < 4.78 is 27.1. The van der Waals surface area contributed by atoms with Crippen molar-refractivity contribution >= 4 is 23.1 Å². The topological polar surface area (TPSA) is 110 Å². The van der Waals surface area contributed by atoms with Crippen molar-refractivity contribution in [2.75, 3.05) is 23.4 Å². The number of hydrogen-bond acceptors (Lipinski definition) is 7. The molecule has 0 saturated carbocycles. The summed E-state index contributed by atoms with van der Waals surface area (Å²) in [5.74, 6) is 0.857. The summed E-state index contributed by atoms with van der Waals surface area (Å²) in [6, 6.07) is 14.2. The second-order valence-electron chi connectivity index (χ2n) is 11.3. The number of benzene rings is 2. The van der Waals surface area contributed by atoms with Crippen LogP contribution in [0.2, 0.25) is 0 Å². The van der Waals surface area contributed by atoms with Crippen molar-refractivity contribution in [3.63, 3.8) is 0 Å². The summed E-state index contributed by atoms with van der Waals surface area (Å²) in [5, 5.41) is 14.8. The SMILES string of the molecule is CC(C)c1c(C(=O)Nc2ccc(OC3CCOCC3)cc2)nn2c(-c3cn[nH]c3)cc(N3Cc4ccc(F)cc4C3)nc12. The first-order valence-corrected chi connectivity index (χ1v) is 14.5. The number of amides is 1. The van der Waals surface area contributed by atoms with Gasteiger partial charge in [0.25, 0.3) is 5.91 Å². The normalized spacial score (nSPS) is 15.3. The molecule has 0 atom stereocenters. The first-order chi connectivity index (χ1) is 20.9. The van der Waals surface area contributed by atoms with Gasteiger partial charge in [-0.05, 0) is 53.4 Å². The fraction of sp³-hybridized carbons (Fsp3) is 0.312. The number of nitrogens with zero attached hydrogens (tertiary/aromatic N) is 5. The minimum atomic E-state index is -0.323. The van der Waals surface area contributed by atoms with Gasteiger partial charge in [-0.25, -0.2) is 13.9 Å². The predicted octanol–water partition coefficient (Wildman–Crippen LogP) is 5.71. The number of H-pyrrole nitrogens is 1. The van der Waals surface area contributed by atoms with Crippen LogP contribution in [0.4, 0.5) is 15.9 Å². The molecule has 0 spiro atoms. The van der Waals surface area contributed by atoms with Gasteiger partial charge in [0, 0.05) is 55.0 Å². The van der Waals surface area contributed by atoms with E-state index in [0.29, 0.717) is 49.1 Å². The van der Waals surface area contributed by atoms with Gasteiger partial charge in [-0.2, -0.15) is 10.2 Å². The van der Waals surface area contributed by atoms with E-state index >= 15 is 0 Å². The Balaban J connectivity index is 1.22. The molecule has 2 aliphatic rings. The van der Waals surface area contributed by atoms with Crippen molar-refractivity contribution in [1.82, 2.24) is 24.8 Å². The quantitative estimate of drug-likeness (QED) is 0.253. The Labute approximate surface area is 247 Å². The van der Waals surface area contributed by atoms with E-state index in [1.807, 2.05) is 50.2 Å². The zero-order valence-corrected chi connectivity index (χ0v) is 24.0. The van der Waals surface area contributed by atoms with E-state index in [-0.39, 0.29) is 23.7 Å². The summed E-state index contributed by atoms with van der Waals surface area (Å²) in [7, 11) is 0. The summed E-state index contributed by atoms with van der Waals surface area (Å²) in [5.41, 5.74) is 5.83. The molecular weight excluding hydrogens is 549 g/mol. The smallest absolute Gasteiger partial charge is 0.276 e. The molecule has 3 aromatic heterocycles. The zero-order valence-electron chi connectivity index (χ0n) is 24.0. The molecule has 0 aliphatic carbocycles. The predicted molar refractivity (Wildman–Crippen MR) is 160 cm³/mol. The van der Waals surface area contributed by atoms with E-state index in [0.717, 1.165) is 46.5 Å². The molecule has 43 heavy (non-hydrogen) atoms. The van der Waals surface area contributed by atoms with Crippen LogP contribution in [-0.2, 0) is 17.8 Å². The fourth-order valence-electron chi connectivity index (χ4n) is 5.80. The fourth-order valence-corrected chi connectivity index (χ4v) is 5.80. The van der Waals surface area contributed by atoms with Gasteiger partial charge in [0.2, 0.25) is 0 Å². The van der Waals surface area contributed by atoms with E-state index < -0.39 is 0 Å². The number of aromatic amines is 1. The van der Waals surface area contributed by atoms with Crippen LogP contribution in [0.5, 0.6) is 5.75 Å². The second-order valence-corrected chi connectivity index (χ2v) is 11.3. The lowest BCUT2D eigenvalue weighted by molar-refractivity contribution is 0.0256. The van der Waals surface area contributed by atoms with E-state index in [4.69, 9.17) is 19.6 Å². The number of fused-ring (bicyclic) bond motifs is 2. The molecule has 2 aliphatic heterocycles. The Hall–Kier alpha value is -4.77. The molecule has 1 amide bonds. The molecule has 1 saturated heterocycles. The van der Waals surface area contributed by atoms with E-state index in [1.165, 1.54) is 6.07 Å². The van der Waals surface area contributed by atoms with Gasteiger partial charge in [0.15, 0.2) is 11.3 Å². The molecule has 0 radical (unpaired) electrons. The number of carbonyl (C=O) groups is 1. The number of anilines is 2. The standard InChI is InChI=1S/C32H32FN7O3/c1-19(2)29-30(32(41)36-24-5-7-25(8-6-24)43-26-9-11-42-12-10-26)38-40-27(22-15-34-35-16-22)14-28(37-31(29)40)39-17-20-3-4-23(33)13-21(20)18-39/h3-8,13-16,19,26H,9-12,17-18H2,1-2H3,(H,34,35)(H,36,41). The van der Waals surface area contributed by atoms with Crippen LogP contribution in [0.1, 0.15) is 59.8 Å². The van der Waals surface area contributed by atoms with Gasteiger partial charge in [-0.3, -0.25) is 9.89 Å². The number of ether oxygens (including phenoxy) is 2. The van der Waals surface area contributed by atoms with Gasteiger partial charge in [0.05, 0.1) is 25.1 Å². The lowest BCUT2D eigenvalue weighted by Crippen LogP contribution is -2.25. The molecular formula is C32H32FN7O3. The van der Waals surface area contributed by atoms with Crippen LogP contribution in [0, 0.1) is 5.82 Å². The van der Waals surface area contributed by atoms with Gasteiger partial charge >= 0.3 is 0 Å². The van der Waals surface area contributed by atoms with Crippen molar-refractivity contribution in [2.45, 2.75) is 51.8 Å². The number of carbonyl (C=O) groups excluding carboxylic acids is 1. The molecule has 0 unspecified atom stereocenters. The molecule has 0 bridgehead atoms. The Morgan fingerprint density at radius 1 is 1.09 bits per heavy atom. The highest BCUT2D eigenvalue weighted by molar-refractivity contribution is 6.05. The van der Waals surface area contributed by atoms with Crippen molar-refractivity contribution in [3.05, 3.63) is 89.1 Å². The average molecular weight is 582 g/mol. The number of hydrogen-bond donors (Lipinski definition) is 2. The highest BCUT2D eigenvalue weighted by Crippen LogP contribution is 2.34. The highest BCUT2D eigenvalue weighted by Gasteiger charge is 2.28. The van der Waals surface area contributed by atoms with E-state index in [2.05, 4.69) is 20.4 Å². The average Bonchev–Trinajstić information content (AvgIpc) is 3.76. The third-order valence-electron chi connectivity index (χ3n) is 8.00. The highest BCUT2D eigenvalue weighted by atomic mass is 19.1. The first kappa shape index (κ1) is 27.1. The number of rotatable bonds is 7. The van der Waals surface area contributed by atoms with Crippen LogP contribution < -0.4 is 15.0 Å². The maximum absolute atomic E-state index is 13.9. The summed E-state index contributed by atoms with van der Waals surface area (Å²) >= 11 is 0. The maximum Gasteiger partial charge on any atom is 0.276 e. The second kappa shape index (κ2) is 11.1. The van der Waals surface area contributed by atoms with Gasteiger partial charge in [0.1, 0.15) is 23.5 Å². The molecule has 1 fully saturated rings. The number of halogens is 1. The number of nitrogens with one attached hydrogen (secondary N) is 2. The zero-order chi connectivity index (χ0) is 29.5. The van der Waals surface area contributed by atoms with Gasteiger partial charge < -0.3 is 19.7 Å². The molecule has 5 heterocycles.